The van der Waals surface area contributed by atoms with Gasteiger partial charge < -0.3 is 19.9 Å². The predicted octanol–water partition coefficient (Wildman–Crippen LogP) is 3.24. The van der Waals surface area contributed by atoms with Gasteiger partial charge >= 0.3 is 0 Å². The molecule has 20 heavy (non-hydrogen) atoms. The molecule has 0 bridgehead atoms. The lowest BCUT2D eigenvalue weighted by Gasteiger charge is -2.17. The molecule has 0 radical (unpaired) electrons. The van der Waals surface area contributed by atoms with E-state index in [0.29, 0.717) is 17.2 Å². The monoisotopic (exact) mass is 315 g/mol. The van der Waals surface area contributed by atoms with E-state index in [1.54, 1.807) is 32.7 Å². The van der Waals surface area contributed by atoms with Crippen LogP contribution in [0.3, 0.4) is 0 Å². The molecule has 0 saturated carbocycles. The summed E-state index contributed by atoms with van der Waals surface area (Å²) in [6.45, 7) is 0. The lowest BCUT2D eigenvalue weighted by atomic mass is 10.0. The quantitative estimate of drug-likeness (QED) is 0.920. The maximum absolute atomic E-state index is 6.25. The molecular formula is C14H18ClNO3S. The number of hydrogen-bond donors (Lipinski definition) is 1. The van der Waals surface area contributed by atoms with E-state index in [4.69, 9.17) is 19.9 Å². The van der Waals surface area contributed by atoms with Crippen LogP contribution in [0.5, 0.6) is 17.2 Å². The Bertz CT molecular complexity index is 520. The summed E-state index contributed by atoms with van der Waals surface area (Å²) in [7, 11) is 4.77. The van der Waals surface area contributed by atoms with Crippen LogP contribution in [0.1, 0.15) is 17.2 Å². The first kappa shape index (κ1) is 16.6. The van der Waals surface area contributed by atoms with Crippen molar-refractivity contribution in [1.82, 2.24) is 0 Å². The van der Waals surface area contributed by atoms with Crippen molar-refractivity contribution in [3.8, 4) is 17.2 Å². The van der Waals surface area contributed by atoms with Crippen LogP contribution in [0.2, 0.25) is 0 Å². The maximum Gasteiger partial charge on any atom is 0.203 e. The van der Waals surface area contributed by atoms with Gasteiger partial charge in [0.25, 0.3) is 0 Å². The number of methoxy groups -OCH3 is 3. The average Bonchev–Trinajstić information content (AvgIpc) is 2.98. The molecule has 0 unspecified atom stereocenters. The van der Waals surface area contributed by atoms with Crippen LogP contribution in [0, 0.1) is 0 Å². The summed E-state index contributed by atoms with van der Waals surface area (Å²) in [5.74, 6) is 1.80. The van der Waals surface area contributed by atoms with Crippen LogP contribution in [0.25, 0.3) is 0 Å². The SMILES string of the molecule is COc1cc([C@@H](N)c2ccsc2)cc(OC)c1OC.Cl. The van der Waals surface area contributed by atoms with Crippen molar-refractivity contribution in [2.45, 2.75) is 6.04 Å². The van der Waals surface area contributed by atoms with Gasteiger partial charge in [-0.05, 0) is 40.1 Å². The first-order valence-corrected chi connectivity index (χ1v) is 6.73. The highest BCUT2D eigenvalue weighted by molar-refractivity contribution is 7.08. The minimum absolute atomic E-state index is 0. The molecule has 0 spiro atoms. The van der Waals surface area contributed by atoms with E-state index in [2.05, 4.69) is 0 Å². The molecule has 0 aliphatic rings. The number of nitrogens with two attached hydrogens (primary N) is 1. The summed E-state index contributed by atoms with van der Waals surface area (Å²) in [4.78, 5) is 0. The second-order valence-corrected chi connectivity index (χ2v) is 4.77. The Labute approximate surface area is 128 Å². The van der Waals surface area contributed by atoms with Crippen molar-refractivity contribution in [3.05, 3.63) is 40.1 Å². The van der Waals surface area contributed by atoms with Gasteiger partial charge in [0.05, 0.1) is 27.4 Å². The molecule has 2 N–H and O–H groups in total. The molecule has 4 nitrogen and oxygen atoms in total. The Balaban J connectivity index is 0.00000200. The van der Waals surface area contributed by atoms with Crippen LogP contribution in [0.4, 0.5) is 0 Å². The zero-order chi connectivity index (χ0) is 13.8. The molecule has 0 fully saturated rings. The largest absolute Gasteiger partial charge is 0.493 e. The van der Waals surface area contributed by atoms with Crippen molar-refractivity contribution < 1.29 is 14.2 Å². The normalized spacial score (nSPS) is 11.4. The first-order valence-electron chi connectivity index (χ1n) is 5.78. The third-order valence-corrected chi connectivity index (χ3v) is 3.65. The molecule has 6 heteroatoms. The third kappa shape index (κ3) is 3.17. The van der Waals surface area contributed by atoms with Crippen molar-refractivity contribution in [1.29, 1.82) is 0 Å². The van der Waals surface area contributed by atoms with E-state index in [9.17, 15) is 0 Å². The van der Waals surface area contributed by atoms with Gasteiger partial charge in [0.15, 0.2) is 11.5 Å². The minimum atomic E-state index is -0.208. The van der Waals surface area contributed by atoms with E-state index in [1.807, 2.05) is 29.0 Å². The highest BCUT2D eigenvalue weighted by atomic mass is 35.5. The van der Waals surface area contributed by atoms with Crippen molar-refractivity contribution in [3.63, 3.8) is 0 Å². The second kappa shape index (κ2) is 7.38. The first-order chi connectivity index (χ1) is 9.21. The molecule has 2 rings (SSSR count). The number of ether oxygens (including phenoxy) is 3. The van der Waals surface area contributed by atoms with Gasteiger partial charge in [-0.15, -0.1) is 12.4 Å². The second-order valence-electron chi connectivity index (χ2n) is 3.99. The van der Waals surface area contributed by atoms with E-state index in [1.165, 1.54) is 0 Å². The highest BCUT2D eigenvalue weighted by Crippen LogP contribution is 2.40. The molecule has 0 amide bonds. The van der Waals surface area contributed by atoms with E-state index in [0.717, 1.165) is 11.1 Å². The summed E-state index contributed by atoms with van der Waals surface area (Å²) in [6, 6.07) is 5.56. The fourth-order valence-electron chi connectivity index (χ4n) is 1.93. The Kier molecular flexibility index (Phi) is 6.13. The van der Waals surface area contributed by atoms with Crippen molar-refractivity contribution >= 4 is 23.7 Å². The predicted molar refractivity (Wildman–Crippen MR) is 83.7 cm³/mol. The Morgan fingerprint density at radius 2 is 1.60 bits per heavy atom. The Hall–Kier alpha value is -1.43. The molecule has 1 heterocycles. The number of hydrogen-bond acceptors (Lipinski definition) is 5. The molecule has 0 aliphatic carbocycles. The lowest BCUT2D eigenvalue weighted by molar-refractivity contribution is 0.323. The average molecular weight is 316 g/mol. The number of thiophene rings is 1. The molecule has 1 aromatic carbocycles. The molecular weight excluding hydrogens is 298 g/mol. The summed E-state index contributed by atoms with van der Waals surface area (Å²) >= 11 is 1.62. The van der Waals surface area contributed by atoms with E-state index < -0.39 is 0 Å². The van der Waals surface area contributed by atoms with Crippen LogP contribution in [-0.4, -0.2) is 21.3 Å². The molecule has 110 valence electrons. The van der Waals surface area contributed by atoms with Gasteiger partial charge in [-0.25, -0.2) is 0 Å². The molecule has 0 aliphatic heterocycles. The molecule has 0 saturated heterocycles. The lowest BCUT2D eigenvalue weighted by Crippen LogP contribution is -2.11. The van der Waals surface area contributed by atoms with Crippen LogP contribution in [-0.2, 0) is 0 Å². The molecule has 1 aromatic heterocycles. The van der Waals surface area contributed by atoms with E-state index in [-0.39, 0.29) is 18.4 Å². The highest BCUT2D eigenvalue weighted by Gasteiger charge is 2.17. The van der Waals surface area contributed by atoms with Crippen LogP contribution < -0.4 is 19.9 Å². The smallest absolute Gasteiger partial charge is 0.203 e. The summed E-state index contributed by atoms with van der Waals surface area (Å²) in [6.07, 6.45) is 0. The zero-order valence-electron chi connectivity index (χ0n) is 11.6. The number of halogens is 1. The van der Waals surface area contributed by atoms with E-state index >= 15 is 0 Å². The van der Waals surface area contributed by atoms with Crippen molar-refractivity contribution in [2.24, 2.45) is 5.73 Å². The standard InChI is InChI=1S/C14H17NO3S.ClH/c1-16-11-6-10(7-12(17-2)14(11)18-3)13(15)9-4-5-19-8-9;/h4-8,13H,15H2,1-3H3;1H/t13-;/m0./s1. The third-order valence-electron chi connectivity index (χ3n) is 2.95. The fraction of sp³-hybridized carbons (Fsp3) is 0.286. The van der Waals surface area contributed by atoms with Crippen LogP contribution in [0.15, 0.2) is 29.0 Å². The van der Waals surface area contributed by atoms with Gasteiger partial charge in [-0.3, -0.25) is 0 Å². The van der Waals surface area contributed by atoms with Gasteiger partial charge in [0.1, 0.15) is 0 Å². The summed E-state index contributed by atoms with van der Waals surface area (Å²) in [5, 5.41) is 4.04. The fourth-order valence-corrected chi connectivity index (χ4v) is 2.62. The molecule has 2 aromatic rings. The van der Waals surface area contributed by atoms with Gasteiger partial charge in [0.2, 0.25) is 5.75 Å². The van der Waals surface area contributed by atoms with Gasteiger partial charge in [-0.1, -0.05) is 0 Å². The Morgan fingerprint density at radius 1 is 1.00 bits per heavy atom. The van der Waals surface area contributed by atoms with Gasteiger partial charge in [0, 0.05) is 0 Å². The number of benzene rings is 1. The van der Waals surface area contributed by atoms with Crippen molar-refractivity contribution in [2.75, 3.05) is 21.3 Å². The maximum atomic E-state index is 6.25. The minimum Gasteiger partial charge on any atom is -0.493 e. The summed E-state index contributed by atoms with van der Waals surface area (Å²) in [5.41, 5.74) is 8.25. The number of rotatable bonds is 5. The topological polar surface area (TPSA) is 53.7 Å². The van der Waals surface area contributed by atoms with Crippen LogP contribution >= 0.6 is 23.7 Å². The Morgan fingerprint density at radius 3 is 2.00 bits per heavy atom. The zero-order valence-corrected chi connectivity index (χ0v) is 13.2. The summed E-state index contributed by atoms with van der Waals surface area (Å²) < 4.78 is 16.0. The molecule has 1 atom stereocenters. The van der Waals surface area contributed by atoms with Gasteiger partial charge in [-0.2, -0.15) is 11.3 Å².